The van der Waals surface area contributed by atoms with Gasteiger partial charge in [-0.2, -0.15) is 0 Å². The van der Waals surface area contributed by atoms with E-state index >= 15 is 0 Å². The molecule has 3 atom stereocenters. The molecular formula is C17H29F. The van der Waals surface area contributed by atoms with E-state index in [0.29, 0.717) is 11.8 Å². The van der Waals surface area contributed by atoms with E-state index in [0.717, 1.165) is 19.3 Å². The zero-order valence-corrected chi connectivity index (χ0v) is 12.9. The van der Waals surface area contributed by atoms with Gasteiger partial charge in [0.15, 0.2) is 0 Å². The van der Waals surface area contributed by atoms with Crippen LogP contribution in [0.15, 0.2) is 23.3 Å². The first-order chi connectivity index (χ1) is 8.43. The zero-order chi connectivity index (χ0) is 13.9. The molecule has 0 nitrogen and oxygen atoms in total. The van der Waals surface area contributed by atoms with Gasteiger partial charge >= 0.3 is 0 Å². The van der Waals surface area contributed by atoms with Crippen LogP contribution in [0.25, 0.3) is 0 Å². The van der Waals surface area contributed by atoms with Crippen molar-refractivity contribution in [1.82, 2.24) is 0 Å². The molecule has 0 aromatic rings. The third kappa shape index (κ3) is 2.41. The van der Waals surface area contributed by atoms with Gasteiger partial charge in [-0.15, -0.1) is 0 Å². The van der Waals surface area contributed by atoms with Crippen molar-refractivity contribution in [3.05, 3.63) is 23.3 Å². The molecule has 0 saturated carbocycles. The average Bonchev–Trinajstić information content (AvgIpc) is 2.37. The van der Waals surface area contributed by atoms with Crippen molar-refractivity contribution in [2.24, 2.45) is 17.3 Å². The summed E-state index contributed by atoms with van der Waals surface area (Å²) in [6.07, 6.45) is 6.19. The van der Waals surface area contributed by atoms with Crippen LogP contribution in [0.3, 0.4) is 0 Å². The number of hydrogen-bond donors (Lipinski definition) is 0. The summed E-state index contributed by atoms with van der Waals surface area (Å²) in [6, 6.07) is 0. The quantitative estimate of drug-likeness (QED) is 0.589. The van der Waals surface area contributed by atoms with E-state index in [1.165, 1.54) is 11.1 Å². The normalized spacial score (nSPS) is 30.1. The van der Waals surface area contributed by atoms with Crippen LogP contribution in [0.1, 0.15) is 60.8 Å². The Morgan fingerprint density at radius 2 is 1.78 bits per heavy atom. The van der Waals surface area contributed by atoms with E-state index in [1.54, 1.807) is 6.08 Å². The highest BCUT2D eigenvalue weighted by atomic mass is 19.1. The summed E-state index contributed by atoms with van der Waals surface area (Å²) in [5, 5.41) is 0. The molecule has 0 aromatic heterocycles. The molecule has 0 saturated heterocycles. The van der Waals surface area contributed by atoms with Crippen LogP contribution in [-0.2, 0) is 0 Å². The molecule has 2 unspecified atom stereocenters. The first kappa shape index (κ1) is 15.5. The molecule has 0 bridgehead atoms. The van der Waals surface area contributed by atoms with Gasteiger partial charge in [0, 0.05) is 5.41 Å². The van der Waals surface area contributed by atoms with Crippen LogP contribution in [-0.4, -0.2) is 6.17 Å². The van der Waals surface area contributed by atoms with E-state index in [4.69, 9.17) is 0 Å². The van der Waals surface area contributed by atoms with E-state index in [9.17, 15) is 4.39 Å². The lowest BCUT2D eigenvalue weighted by atomic mass is 9.62. The van der Waals surface area contributed by atoms with Gasteiger partial charge in [-0.25, -0.2) is 4.39 Å². The molecular weight excluding hydrogens is 223 g/mol. The molecule has 1 rings (SSSR count). The number of hydrogen-bond acceptors (Lipinski definition) is 0. The Kier molecular flexibility index (Phi) is 5.19. The highest BCUT2D eigenvalue weighted by molar-refractivity contribution is 5.38. The predicted molar refractivity (Wildman–Crippen MR) is 78.4 cm³/mol. The van der Waals surface area contributed by atoms with Crippen LogP contribution < -0.4 is 0 Å². The van der Waals surface area contributed by atoms with Crippen LogP contribution >= 0.6 is 0 Å². The molecule has 1 aliphatic carbocycles. The Balaban J connectivity index is 3.24. The predicted octanol–water partition coefficient (Wildman–Crippen LogP) is 5.70. The van der Waals surface area contributed by atoms with Crippen molar-refractivity contribution >= 4 is 0 Å². The second-order valence-electron chi connectivity index (χ2n) is 5.95. The van der Waals surface area contributed by atoms with Gasteiger partial charge in [0.05, 0.1) is 0 Å². The summed E-state index contributed by atoms with van der Waals surface area (Å²) in [6.45, 7) is 13.1. The van der Waals surface area contributed by atoms with Crippen molar-refractivity contribution in [2.75, 3.05) is 0 Å². The van der Waals surface area contributed by atoms with Crippen LogP contribution in [0.5, 0.6) is 0 Å². The Hall–Kier alpha value is -0.590. The van der Waals surface area contributed by atoms with Crippen molar-refractivity contribution in [1.29, 1.82) is 0 Å². The molecule has 0 aromatic carbocycles. The second-order valence-corrected chi connectivity index (χ2v) is 5.95. The summed E-state index contributed by atoms with van der Waals surface area (Å²) in [5.41, 5.74) is 2.33. The maximum atomic E-state index is 14.5. The highest BCUT2D eigenvalue weighted by Gasteiger charge is 2.43. The van der Waals surface area contributed by atoms with E-state index < -0.39 is 6.17 Å². The Labute approximate surface area is 112 Å². The fraction of sp³-hybridized carbons (Fsp3) is 0.765. The smallest absolute Gasteiger partial charge is 0.128 e. The fourth-order valence-electron chi connectivity index (χ4n) is 3.45. The molecule has 0 radical (unpaired) electrons. The van der Waals surface area contributed by atoms with Gasteiger partial charge in [-0.1, -0.05) is 59.1 Å². The molecule has 0 fully saturated rings. The SMILES string of the molecule is CCC(C)C1=C(C)[C@](C)(C(CC)CC)C(F)C=C1. The summed E-state index contributed by atoms with van der Waals surface area (Å²) >= 11 is 0. The number of allylic oxidation sites excluding steroid dienone is 4. The molecule has 1 aliphatic rings. The van der Waals surface area contributed by atoms with Gasteiger partial charge in [-0.3, -0.25) is 0 Å². The standard InChI is InChI=1S/C17H29F/c1-7-12(4)15-10-11-16(18)17(6,13(15)5)14(8-2)9-3/h10-12,14,16H,7-9H2,1-6H3/t12?,16?,17-/m1/s1. The summed E-state index contributed by atoms with van der Waals surface area (Å²) < 4.78 is 14.5. The Morgan fingerprint density at radius 3 is 2.22 bits per heavy atom. The molecule has 0 heterocycles. The lowest BCUT2D eigenvalue weighted by molar-refractivity contribution is 0.113. The van der Waals surface area contributed by atoms with Gasteiger partial charge in [0.25, 0.3) is 0 Å². The maximum Gasteiger partial charge on any atom is 0.128 e. The topological polar surface area (TPSA) is 0 Å². The third-order valence-corrected chi connectivity index (χ3v) is 5.24. The van der Waals surface area contributed by atoms with Gasteiger partial charge < -0.3 is 0 Å². The molecule has 0 N–H and O–H groups in total. The molecule has 18 heavy (non-hydrogen) atoms. The largest absolute Gasteiger partial charge is 0.242 e. The number of rotatable bonds is 5. The fourth-order valence-corrected chi connectivity index (χ4v) is 3.45. The first-order valence-corrected chi connectivity index (χ1v) is 7.46. The van der Waals surface area contributed by atoms with Crippen molar-refractivity contribution in [3.63, 3.8) is 0 Å². The Morgan fingerprint density at radius 1 is 1.22 bits per heavy atom. The minimum absolute atomic E-state index is 0.309. The zero-order valence-electron chi connectivity index (χ0n) is 12.9. The van der Waals surface area contributed by atoms with Crippen LogP contribution in [0.4, 0.5) is 4.39 Å². The van der Waals surface area contributed by atoms with Crippen molar-refractivity contribution in [3.8, 4) is 0 Å². The Bertz CT molecular complexity index is 336. The van der Waals surface area contributed by atoms with E-state index in [1.807, 2.05) is 6.08 Å². The monoisotopic (exact) mass is 252 g/mol. The number of alkyl halides is 1. The summed E-state index contributed by atoms with van der Waals surface area (Å²) in [5.74, 6) is 0.957. The lowest BCUT2D eigenvalue weighted by Gasteiger charge is -2.43. The second kappa shape index (κ2) is 6.04. The van der Waals surface area contributed by atoms with E-state index in [-0.39, 0.29) is 5.41 Å². The van der Waals surface area contributed by atoms with Crippen molar-refractivity contribution in [2.45, 2.75) is 67.0 Å². The lowest BCUT2D eigenvalue weighted by Crippen LogP contribution is -2.39. The molecule has 0 aliphatic heterocycles. The minimum Gasteiger partial charge on any atom is -0.242 e. The first-order valence-electron chi connectivity index (χ1n) is 7.46. The summed E-state index contributed by atoms with van der Waals surface area (Å²) in [4.78, 5) is 0. The van der Waals surface area contributed by atoms with Crippen LogP contribution in [0, 0.1) is 17.3 Å². The molecule has 104 valence electrons. The van der Waals surface area contributed by atoms with E-state index in [2.05, 4.69) is 41.5 Å². The molecule has 1 heteroatoms. The minimum atomic E-state index is -0.838. The van der Waals surface area contributed by atoms with Gasteiger partial charge in [-0.05, 0) is 36.8 Å². The maximum absolute atomic E-state index is 14.5. The van der Waals surface area contributed by atoms with Gasteiger partial charge in [0.2, 0.25) is 0 Å². The van der Waals surface area contributed by atoms with Crippen molar-refractivity contribution < 1.29 is 4.39 Å². The van der Waals surface area contributed by atoms with Crippen LogP contribution in [0.2, 0.25) is 0 Å². The summed E-state index contributed by atoms with van der Waals surface area (Å²) in [7, 11) is 0. The molecule has 0 amide bonds. The van der Waals surface area contributed by atoms with Gasteiger partial charge in [0.1, 0.15) is 6.17 Å². The number of halogens is 1. The average molecular weight is 252 g/mol. The molecule has 0 spiro atoms. The highest BCUT2D eigenvalue weighted by Crippen LogP contribution is 2.48. The third-order valence-electron chi connectivity index (χ3n) is 5.24.